The number of aromatic nitrogens is 3. The number of carboxylic acids is 1. The van der Waals surface area contributed by atoms with E-state index >= 15 is 4.39 Å². The fourth-order valence-corrected chi connectivity index (χ4v) is 6.24. The van der Waals surface area contributed by atoms with Crippen LogP contribution in [-0.2, 0) is 26.7 Å². The summed E-state index contributed by atoms with van der Waals surface area (Å²) in [7, 11) is -4.81. The lowest BCUT2D eigenvalue weighted by atomic mass is 9.98. The quantitative estimate of drug-likeness (QED) is 0.196. The van der Waals surface area contributed by atoms with Gasteiger partial charge in [0, 0.05) is 30.0 Å². The molecule has 0 saturated carbocycles. The number of benzene rings is 2. The summed E-state index contributed by atoms with van der Waals surface area (Å²) >= 11 is 1.30. The molecule has 0 amide bonds. The number of nitrogens with one attached hydrogen (secondary N) is 1. The van der Waals surface area contributed by atoms with Crippen molar-refractivity contribution in [1.29, 1.82) is 0 Å². The van der Waals surface area contributed by atoms with E-state index in [1.165, 1.54) is 23.5 Å². The maximum absolute atomic E-state index is 15.9. The maximum Gasteiger partial charge on any atom is 0.303 e. The number of aryl methyl sites for hydroxylation is 1. The van der Waals surface area contributed by atoms with Gasteiger partial charge in [-0.3, -0.25) is 9.52 Å². The van der Waals surface area contributed by atoms with Gasteiger partial charge in [-0.1, -0.05) is 32.9 Å². The number of hydrogen-bond acceptors (Lipinski definition) is 7. The molecule has 4 rings (SSSR count). The molecule has 2 N–H and O–H groups in total. The Kier molecular flexibility index (Phi) is 8.78. The van der Waals surface area contributed by atoms with Gasteiger partial charge in [-0.2, -0.15) is 0 Å². The molecule has 0 bridgehead atoms. The average Bonchev–Trinajstić information content (AvgIpc) is 3.34. The van der Waals surface area contributed by atoms with Crippen LogP contribution in [0, 0.1) is 17.5 Å². The Morgan fingerprint density at radius 2 is 1.68 bits per heavy atom. The molecule has 2 aromatic carbocycles. The van der Waals surface area contributed by atoms with E-state index in [2.05, 4.69) is 9.97 Å². The Bertz CT molecular complexity index is 1680. The number of halogens is 3. The van der Waals surface area contributed by atoms with Gasteiger partial charge < -0.3 is 5.11 Å². The molecule has 0 radical (unpaired) electrons. The molecule has 0 fully saturated rings. The zero-order chi connectivity index (χ0) is 29.9. The minimum Gasteiger partial charge on any atom is -0.481 e. The van der Waals surface area contributed by atoms with E-state index < -0.39 is 49.4 Å². The number of hydrogen-bond donors (Lipinski definition) is 2. The SMILES string of the molecule is CC(C)(C)c1nc(-c2cccc(NS(=O)(=O)c3c(F)cccc3F)c2F)c(-c2ccnc(CCCCC(=O)O)n2)s1. The van der Waals surface area contributed by atoms with Crippen LogP contribution in [0.25, 0.3) is 21.8 Å². The highest BCUT2D eigenvalue weighted by Crippen LogP contribution is 2.42. The molecule has 0 unspecified atom stereocenters. The number of anilines is 1. The van der Waals surface area contributed by atoms with Crippen LogP contribution in [0.4, 0.5) is 18.9 Å². The topological polar surface area (TPSA) is 122 Å². The fraction of sp³-hybridized carbons (Fsp3) is 0.286. The third-order valence-corrected chi connectivity index (χ3v) is 8.85. The summed E-state index contributed by atoms with van der Waals surface area (Å²) in [4.78, 5) is 23.7. The number of rotatable bonds is 10. The van der Waals surface area contributed by atoms with Crippen LogP contribution in [0.1, 0.15) is 50.9 Å². The molecule has 41 heavy (non-hydrogen) atoms. The first-order valence-corrected chi connectivity index (χ1v) is 14.9. The first kappa shape index (κ1) is 30.1. The van der Waals surface area contributed by atoms with Crippen LogP contribution < -0.4 is 4.72 Å². The van der Waals surface area contributed by atoms with E-state index in [-0.39, 0.29) is 17.7 Å². The van der Waals surface area contributed by atoms with E-state index in [9.17, 15) is 22.0 Å². The van der Waals surface area contributed by atoms with E-state index in [0.717, 1.165) is 24.3 Å². The van der Waals surface area contributed by atoms with Crippen molar-refractivity contribution in [1.82, 2.24) is 15.0 Å². The van der Waals surface area contributed by atoms with Crippen molar-refractivity contribution < 1.29 is 31.5 Å². The summed E-state index contributed by atoms with van der Waals surface area (Å²) in [5.74, 6) is -4.00. The van der Waals surface area contributed by atoms with Crippen molar-refractivity contribution in [3.63, 3.8) is 0 Å². The predicted octanol–water partition coefficient (Wildman–Crippen LogP) is 6.58. The number of sulfonamides is 1. The van der Waals surface area contributed by atoms with Crippen molar-refractivity contribution in [2.45, 2.75) is 56.8 Å². The summed E-state index contributed by atoms with van der Waals surface area (Å²) in [5.41, 5.74) is -0.283. The third kappa shape index (κ3) is 6.91. The lowest BCUT2D eigenvalue weighted by Crippen LogP contribution is -2.17. The smallest absolute Gasteiger partial charge is 0.303 e. The molecule has 2 heterocycles. The van der Waals surface area contributed by atoms with Gasteiger partial charge in [-0.05, 0) is 43.2 Å². The van der Waals surface area contributed by atoms with Gasteiger partial charge in [0.1, 0.15) is 17.5 Å². The number of carbonyl (C=O) groups is 1. The van der Waals surface area contributed by atoms with Crippen molar-refractivity contribution in [3.05, 3.63) is 76.9 Å². The first-order chi connectivity index (χ1) is 19.3. The summed E-state index contributed by atoms with van der Waals surface area (Å²) in [5, 5.41) is 9.53. The highest BCUT2D eigenvalue weighted by atomic mass is 32.2. The normalized spacial score (nSPS) is 12.0. The van der Waals surface area contributed by atoms with Crippen LogP contribution in [-0.4, -0.2) is 34.4 Å². The van der Waals surface area contributed by atoms with Crippen molar-refractivity contribution in [2.75, 3.05) is 4.72 Å². The molecule has 0 spiro atoms. The van der Waals surface area contributed by atoms with Gasteiger partial charge in [0.15, 0.2) is 10.7 Å². The second-order valence-electron chi connectivity index (χ2n) is 10.2. The first-order valence-electron chi connectivity index (χ1n) is 12.6. The summed E-state index contributed by atoms with van der Waals surface area (Å²) < 4.78 is 72.0. The lowest BCUT2D eigenvalue weighted by molar-refractivity contribution is -0.137. The van der Waals surface area contributed by atoms with Gasteiger partial charge >= 0.3 is 5.97 Å². The molecule has 8 nitrogen and oxygen atoms in total. The molecule has 13 heteroatoms. The average molecular weight is 605 g/mol. The molecule has 0 atom stereocenters. The number of aliphatic carboxylic acids is 1. The standard InChI is InChI=1S/C28H27F3N4O4S2/c1-28(2,3)27-34-24(25(40-27)20-14-15-32-21(33-20)12-4-5-13-22(36)37)16-8-6-11-19(23(16)31)35-41(38,39)26-17(29)9-7-10-18(26)30/h6-11,14-15,35H,4-5,12-13H2,1-3H3,(H,36,37). The fourth-order valence-electron chi connectivity index (χ4n) is 3.93. The highest BCUT2D eigenvalue weighted by Gasteiger charge is 2.28. The second kappa shape index (κ2) is 12.0. The van der Waals surface area contributed by atoms with Crippen molar-refractivity contribution in [2.24, 2.45) is 0 Å². The zero-order valence-corrected chi connectivity index (χ0v) is 24.0. The Labute approximate surface area is 239 Å². The molecule has 0 aliphatic carbocycles. The Hall–Kier alpha value is -3.84. The van der Waals surface area contributed by atoms with Crippen molar-refractivity contribution >= 4 is 33.0 Å². The zero-order valence-electron chi connectivity index (χ0n) is 22.4. The number of thiazole rings is 1. The molecule has 216 valence electrons. The minimum absolute atomic E-state index is 0.0382. The summed E-state index contributed by atoms with van der Waals surface area (Å²) in [6.07, 6.45) is 3.07. The van der Waals surface area contributed by atoms with E-state index in [1.807, 2.05) is 25.5 Å². The lowest BCUT2D eigenvalue weighted by Gasteiger charge is -2.14. The predicted molar refractivity (Wildman–Crippen MR) is 150 cm³/mol. The summed E-state index contributed by atoms with van der Waals surface area (Å²) in [6.45, 7) is 5.82. The van der Waals surface area contributed by atoms with Crippen LogP contribution in [0.3, 0.4) is 0 Å². The molecule has 2 aromatic heterocycles. The van der Waals surface area contributed by atoms with Crippen LogP contribution in [0.2, 0.25) is 0 Å². The monoisotopic (exact) mass is 604 g/mol. The molecule has 0 aliphatic rings. The largest absolute Gasteiger partial charge is 0.481 e. The molecular formula is C28H27F3N4O4S2. The van der Waals surface area contributed by atoms with Crippen LogP contribution in [0.15, 0.2) is 53.6 Å². The molecular weight excluding hydrogens is 577 g/mol. The van der Waals surface area contributed by atoms with Gasteiger partial charge in [0.05, 0.1) is 27.0 Å². The van der Waals surface area contributed by atoms with E-state index in [1.54, 1.807) is 12.3 Å². The second-order valence-corrected chi connectivity index (χ2v) is 12.8. The molecule has 0 saturated heterocycles. The number of carboxylic acid groups (broad SMARTS) is 1. The third-order valence-electron chi connectivity index (χ3n) is 5.93. The van der Waals surface area contributed by atoms with Gasteiger partial charge in [-0.15, -0.1) is 11.3 Å². The molecule has 0 aliphatic heterocycles. The minimum atomic E-state index is -4.81. The van der Waals surface area contributed by atoms with E-state index in [0.29, 0.717) is 40.7 Å². The number of nitrogens with zero attached hydrogens (tertiary/aromatic N) is 3. The van der Waals surface area contributed by atoms with Gasteiger partial charge in [0.25, 0.3) is 10.0 Å². The Balaban J connectivity index is 1.75. The highest BCUT2D eigenvalue weighted by molar-refractivity contribution is 7.92. The number of unbranched alkanes of at least 4 members (excludes halogenated alkanes) is 1. The molecule has 4 aromatic rings. The summed E-state index contributed by atoms with van der Waals surface area (Å²) in [6, 6.07) is 8.24. The van der Waals surface area contributed by atoms with Crippen LogP contribution >= 0.6 is 11.3 Å². The maximum atomic E-state index is 15.9. The Morgan fingerprint density at radius 3 is 2.34 bits per heavy atom. The van der Waals surface area contributed by atoms with Crippen LogP contribution in [0.5, 0.6) is 0 Å². The van der Waals surface area contributed by atoms with Gasteiger partial charge in [-0.25, -0.2) is 36.5 Å². The van der Waals surface area contributed by atoms with Gasteiger partial charge in [0.2, 0.25) is 0 Å². The van der Waals surface area contributed by atoms with Crippen molar-refractivity contribution in [3.8, 4) is 21.8 Å². The van der Waals surface area contributed by atoms with E-state index in [4.69, 9.17) is 10.1 Å². The Morgan fingerprint density at radius 1 is 1.00 bits per heavy atom.